The number of rotatable bonds is 9. The minimum atomic E-state index is -1.29. The molecule has 5 fully saturated rings. The third kappa shape index (κ3) is 8.24. The molecule has 3 saturated heterocycles. The van der Waals surface area contributed by atoms with Crippen molar-refractivity contribution in [3.63, 3.8) is 0 Å². The number of piperidine rings is 2. The summed E-state index contributed by atoms with van der Waals surface area (Å²) in [5.74, 6) is 3.97. The van der Waals surface area contributed by atoms with E-state index in [1.807, 2.05) is 6.07 Å². The average Bonchev–Trinajstić information content (AvgIpc) is 3.89. The molecular formula is C52H56Cl2FN7O7. The van der Waals surface area contributed by atoms with Gasteiger partial charge in [-0.25, -0.2) is 9.18 Å². The Morgan fingerprint density at radius 2 is 1.70 bits per heavy atom. The van der Waals surface area contributed by atoms with Crippen LogP contribution in [-0.4, -0.2) is 87.0 Å². The molecule has 4 amide bonds. The Morgan fingerprint density at radius 1 is 0.928 bits per heavy atom. The zero-order valence-corrected chi connectivity index (χ0v) is 40.0. The Kier molecular flexibility index (Phi) is 12.8. The second-order valence-corrected chi connectivity index (χ2v) is 21.0. The van der Waals surface area contributed by atoms with Crippen molar-refractivity contribution < 1.29 is 33.1 Å². The minimum Gasteiger partial charge on any atom is -0.460 e. The molecule has 4 atom stereocenters. The molecule has 0 bridgehead atoms. The van der Waals surface area contributed by atoms with Crippen molar-refractivity contribution in [2.75, 3.05) is 25.0 Å². The number of benzene rings is 3. The fourth-order valence-corrected chi connectivity index (χ4v) is 13.3. The lowest BCUT2D eigenvalue weighted by Crippen LogP contribution is -2.60. The highest BCUT2D eigenvalue weighted by atomic mass is 35.5. The molecule has 4 aromatic rings. The van der Waals surface area contributed by atoms with Gasteiger partial charge in [0.1, 0.15) is 22.9 Å². The number of likely N-dealkylation sites (tertiary alicyclic amines) is 1. The maximum absolute atomic E-state index is 16.4. The maximum atomic E-state index is 16.4. The SMILES string of the molecule is Cn1c(=O)n(C2CCC(=O)NC2=O)c2ccc(C#CCC3(OC=O)CCN(CC4CCC(NC(=O)[C@@H]5NC6(CCCCC6)[C@@]6(C(=O)Nc7cc(Cl)ccc76)[C@H]5c5cccc(Cl)c5F)CC4)CC3)cc21. The van der Waals surface area contributed by atoms with Crippen LogP contribution in [0.15, 0.2) is 59.4 Å². The Labute approximate surface area is 409 Å². The van der Waals surface area contributed by atoms with Gasteiger partial charge in [0.15, 0.2) is 0 Å². The molecule has 362 valence electrons. The number of ether oxygens (including phenoxy) is 1. The lowest BCUT2D eigenvalue weighted by Gasteiger charge is -2.47. The summed E-state index contributed by atoms with van der Waals surface area (Å²) in [4.78, 5) is 81.3. The molecule has 1 aromatic heterocycles. The number of halogens is 3. The highest BCUT2D eigenvalue weighted by Crippen LogP contribution is 2.63. The van der Waals surface area contributed by atoms with E-state index in [1.165, 1.54) is 15.2 Å². The fourth-order valence-electron chi connectivity index (χ4n) is 12.9. The van der Waals surface area contributed by atoms with Gasteiger partial charge in [-0.05, 0) is 98.4 Å². The molecule has 4 N–H and O–H groups in total. The summed E-state index contributed by atoms with van der Waals surface area (Å²) in [6.45, 7) is 2.85. The highest BCUT2D eigenvalue weighted by Gasteiger charge is 2.72. The molecule has 10 rings (SSSR count). The second-order valence-electron chi connectivity index (χ2n) is 20.1. The lowest BCUT2D eigenvalue weighted by atomic mass is 9.55. The van der Waals surface area contributed by atoms with E-state index in [-0.39, 0.29) is 52.9 Å². The fraction of sp³-hybridized carbons (Fsp3) is 0.500. The third-order valence-corrected chi connectivity index (χ3v) is 16.9. The Hall–Kier alpha value is -5.53. The van der Waals surface area contributed by atoms with E-state index < -0.39 is 46.3 Å². The van der Waals surface area contributed by atoms with Crippen LogP contribution in [0.25, 0.3) is 11.0 Å². The first kappa shape index (κ1) is 47.2. The Morgan fingerprint density at radius 3 is 2.43 bits per heavy atom. The number of nitrogens with zero attached hydrogens (tertiary/aromatic N) is 3. The van der Waals surface area contributed by atoms with Crippen LogP contribution in [0.5, 0.6) is 0 Å². The highest BCUT2D eigenvalue weighted by molar-refractivity contribution is 6.31. The quantitative estimate of drug-likeness (QED) is 0.0827. The van der Waals surface area contributed by atoms with E-state index in [2.05, 4.69) is 38.0 Å². The maximum Gasteiger partial charge on any atom is 0.329 e. The minimum absolute atomic E-state index is 0.0627. The number of anilines is 1. The summed E-state index contributed by atoms with van der Waals surface area (Å²) in [6, 6.07) is 13.8. The monoisotopic (exact) mass is 979 g/mol. The number of aryl methyl sites for hydroxylation is 1. The summed E-state index contributed by atoms with van der Waals surface area (Å²) in [5, 5.41) is 12.9. The van der Waals surface area contributed by atoms with Gasteiger partial charge >= 0.3 is 5.69 Å². The molecule has 4 aliphatic heterocycles. The molecule has 17 heteroatoms. The van der Waals surface area contributed by atoms with Gasteiger partial charge in [-0.15, -0.1) is 0 Å². The van der Waals surface area contributed by atoms with Gasteiger partial charge in [-0.3, -0.25) is 43.7 Å². The molecule has 3 aromatic carbocycles. The van der Waals surface area contributed by atoms with Gasteiger partial charge < -0.3 is 20.3 Å². The Balaban J connectivity index is 0.780. The van der Waals surface area contributed by atoms with Crippen LogP contribution >= 0.6 is 23.2 Å². The number of hydrogen-bond acceptors (Lipinski definition) is 9. The van der Waals surface area contributed by atoms with Crippen molar-refractivity contribution in [1.82, 2.24) is 30.0 Å². The van der Waals surface area contributed by atoms with Crippen molar-refractivity contribution in [2.45, 2.75) is 130 Å². The second kappa shape index (κ2) is 18.7. The number of amides is 4. The number of aromatic nitrogens is 2. The standard InChI is InChI=1S/C52H56Cl2FN7O7/c1-60-41-27-31(12-17-39(41)62(49(60)68)40-18-19-42(64)58-46(40)65)7-6-20-50(69-30-63)23-25-61(26-24-50)29-32-10-14-34(15-11-32)56-47(66)45-43(35-8-5-9-37(54)44(35)55)52(51(59-45)21-3-2-4-22-51)36-16-13-33(53)28-38(36)57-48(52)67/h5,8-9,12-13,16-17,27-28,30,32,34,40,43,45,59H,2-4,10-11,14-15,18-26,29H2,1H3,(H,56,66)(H,57,67)(H,58,64,65)/t32?,34?,40?,43-,45+,52+/m0/s1. The number of carbonyl (C=O) groups excluding carboxylic acids is 5. The van der Waals surface area contributed by atoms with E-state index in [1.54, 1.807) is 49.5 Å². The summed E-state index contributed by atoms with van der Waals surface area (Å²) in [6.07, 6.45) is 9.38. The van der Waals surface area contributed by atoms with Crippen molar-refractivity contribution >= 4 is 70.0 Å². The Bertz CT molecular complexity index is 2870. The molecule has 2 saturated carbocycles. The molecule has 2 aliphatic carbocycles. The molecule has 1 unspecified atom stereocenters. The molecule has 2 spiro atoms. The van der Waals surface area contributed by atoms with Crippen molar-refractivity contribution in [2.24, 2.45) is 13.0 Å². The summed E-state index contributed by atoms with van der Waals surface area (Å²) < 4.78 is 25.0. The molecule has 6 aliphatic rings. The molecule has 69 heavy (non-hydrogen) atoms. The summed E-state index contributed by atoms with van der Waals surface area (Å²) >= 11 is 12.9. The predicted octanol–water partition coefficient (Wildman–Crippen LogP) is 6.54. The van der Waals surface area contributed by atoms with E-state index in [0.29, 0.717) is 71.8 Å². The van der Waals surface area contributed by atoms with Gasteiger partial charge in [0, 0.05) is 86.1 Å². The first-order valence-corrected chi connectivity index (χ1v) is 25.0. The van der Waals surface area contributed by atoms with Crippen LogP contribution in [0, 0.1) is 23.6 Å². The first-order valence-electron chi connectivity index (χ1n) is 24.3. The van der Waals surface area contributed by atoms with E-state index in [0.717, 1.165) is 70.1 Å². The summed E-state index contributed by atoms with van der Waals surface area (Å²) in [7, 11) is 1.64. The van der Waals surface area contributed by atoms with Crippen LogP contribution in [0.4, 0.5) is 10.1 Å². The normalized spacial score (nSPS) is 27.4. The number of hydrogen-bond donors (Lipinski definition) is 4. The number of fused-ring (bicyclic) bond motifs is 4. The van der Waals surface area contributed by atoms with Gasteiger partial charge in [0.25, 0.3) is 6.47 Å². The van der Waals surface area contributed by atoms with Crippen LogP contribution < -0.4 is 27.0 Å². The third-order valence-electron chi connectivity index (χ3n) is 16.3. The van der Waals surface area contributed by atoms with Gasteiger partial charge in [-0.1, -0.05) is 72.5 Å². The van der Waals surface area contributed by atoms with Crippen molar-refractivity contribution in [3.8, 4) is 11.8 Å². The van der Waals surface area contributed by atoms with Gasteiger partial charge in [-0.2, -0.15) is 0 Å². The molecule has 14 nitrogen and oxygen atoms in total. The number of carbonyl (C=O) groups is 5. The topological polar surface area (TPSA) is 173 Å². The lowest BCUT2D eigenvalue weighted by molar-refractivity contribution is -0.148. The van der Waals surface area contributed by atoms with E-state index in [9.17, 15) is 28.8 Å². The van der Waals surface area contributed by atoms with E-state index >= 15 is 4.39 Å². The number of imidazole rings is 1. The molecular weight excluding hydrogens is 925 g/mol. The predicted molar refractivity (Wildman–Crippen MR) is 258 cm³/mol. The molecule has 0 radical (unpaired) electrons. The van der Waals surface area contributed by atoms with Crippen molar-refractivity contribution in [1.29, 1.82) is 0 Å². The number of nitrogens with one attached hydrogen (secondary N) is 4. The zero-order chi connectivity index (χ0) is 48.2. The van der Waals surface area contributed by atoms with Crippen LogP contribution in [0.1, 0.15) is 119 Å². The van der Waals surface area contributed by atoms with Crippen LogP contribution in [0.3, 0.4) is 0 Å². The zero-order valence-electron chi connectivity index (χ0n) is 38.5. The number of imide groups is 1. The van der Waals surface area contributed by atoms with Gasteiger partial charge in [0.2, 0.25) is 23.6 Å². The first-order chi connectivity index (χ1) is 33.3. The van der Waals surface area contributed by atoms with Crippen molar-refractivity contribution in [3.05, 3.63) is 97.6 Å². The van der Waals surface area contributed by atoms with E-state index in [4.69, 9.17) is 27.9 Å². The van der Waals surface area contributed by atoms with Gasteiger partial charge in [0.05, 0.1) is 22.1 Å². The van der Waals surface area contributed by atoms with Crippen LogP contribution in [0.2, 0.25) is 10.0 Å². The smallest absolute Gasteiger partial charge is 0.329 e. The molecule has 5 heterocycles. The van der Waals surface area contributed by atoms with Crippen LogP contribution in [-0.2, 0) is 41.2 Å². The largest absolute Gasteiger partial charge is 0.460 e. The average molecular weight is 981 g/mol. The summed E-state index contributed by atoms with van der Waals surface area (Å²) in [5.41, 5.74) is 0.223.